The molecule has 8 heavy (non-hydrogen) atoms. The van der Waals surface area contributed by atoms with Crippen LogP contribution in [0.1, 0.15) is 12.8 Å². The fraction of sp³-hybridized carbons (Fsp3) is 0.833. The van der Waals surface area contributed by atoms with E-state index in [0.29, 0.717) is 0 Å². The van der Waals surface area contributed by atoms with Crippen LogP contribution in [0.5, 0.6) is 0 Å². The highest BCUT2D eigenvalue weighted by Gasteiger charge is 2.09. The topological polar surface area (TPSA) is 21.3 Å². The molecular formula is C6H12NO. The molecule has 1 aliphatic heterocycles. The van der Waals surface area contributed by atoms with Crippen molar-refractivity contribution >= 4 is 0 Å². The van der Waals surface area contributed by atoms with Crippen molar-refractivity contribution in [3.05, 3.63) is 6.42 Å². The predicted octanol–water partition coefficient (Wildman–Crippen LogP) is 0.547. The van der Waals surface area contributed by atoms with E-state index in [1.165, 1.54) is 12.8 Å². The number of nitrogens with one attached hydrogen (secondary N) is 1. The third-order valence-corrected chi connectivity index (χ3v) is 1.36. The average Bonchev–Trinajstić information content (AvgIpc) is 1.90. The van der Waals surface area contributed by atoms with E-state index in [-0.39, 0.29) is 6.23 Å². The Bertz CT molecular complexity index is 59.5. The predicted molar refractivity (Wildman–Crippen MR) is 32.3 cm³/mol. The molecule has 2 heteroatoms. The van der Waals surface area contributed by atoms with Crippen LogP contribution in [0.25, 0.3) is 0 Å². The fourth-order valence-corrected chi connectivity index (χ4v) is 0.879. The monoisotopic (exact) mass is 114 g/mol. The summed E-state index contributed by atoms with van der Waals surface area (Å²) in [5.74, 6) is 0. The molecule has 2 nitrogen and oxygen atoms in total. The Balaban J connectivity index is 2.13. The second kappa shape index (κ2) is 3.05. The number of rotatable bonds is 1. The number of piperidine rings is 1. The van der Waals surface area contributed by atoms with Crippen molar-refractivity contribution in [1.29, 1.82) is 0 Å². The molecule has 0 spiro atoms. The van der Waals surface area contributed by atoms with Gasteiger partial charge in [-0.25, -0.2) is 0 Å². The maximum atomic E-state index is 5.02. The van der Waals surface area contributed by atoms with E-state index in [0.717, 1.165) is 6.54 Å². The average molecular weight is 114 g/mol. The van der Waals surface area contributed by atoms with Crippen molar-refractivity contribution in [2.45, 2.75) is 19.1 Å². The lowest BCUT2D eigenvalue weighted by atomic mass is 10.1. The van der Waals surface area contributed by atoms with E-state index in [2.05, 4.69) is 11.7 Å². The maximum absolute atomic E-state index is 5.02. The maximum Gasteiger partial charge on any atom is 0.110 e. The Kier molecular flexibility index (Phi) is 2.30. The molecule has 0 aromatic heterocycles. The smallest absolute Gasteiger partial charge is 0.110 e. The van der Waals surface area contributed by atoms with Crippen molar-refractivity contribution in [2.75, 3.05) is 13.7 Å². The van der Waals surface area contributed by atoms with E-state index >= 15 is 0 Å². The molecule has 1 saturated heterocycles. The van der Waals surface area contributed by atoms with Gasteiger partial charge in [0.15, 0.2) is 0 Å². The summed E-state index contributed by atoms with van der Waals surface area (Å²) in [5.41, 5.74) is 0. The molecule has 0 aromatic carbocycles. The first-order valence-electron chi connectivity index (χ1n) is 3.03. The lowest BCUT2D eigenvalue weighted by molar-refractivity contribution is 0.0872. The van der Waals surface area contributed by atoms with Crippen LogP contribution >= 0.6 is 0 Å². The minimum atomic E-state index is 0.212. The Labute approximate surface area is 50.2 Å². The zero-order chi connectivity index (χ0) is 5.82. The molecule has 1 aliphatic rings. The first-order valence-corrected chi connectivity index (χ1v) is 3.03. The molecule has 0 bridgehead atoms. The van der Waals surface area contributed by atoms with Crippen molar-refractivity contribution in [3.8, 4) is 0 Å². The minimum absolute atomic E-state index is 0.212. The summed E-state index contributed by atoms with van der Waals surface area (Å²) < 4.78 is 5.02. The van der Waals surface area contributed by atoms with Crippen molar-refractivity contribution < 1.29 is 4.74 Å². The lowest BCUT2D eigenvalue weighted by Crippen LogP contribution is -2.35. The van der Waals surface area contributed by atoms with E-state index in [1.807, 2.05) is 0 Å². The number of methoxy groups -OCH3 is 1. The Hall–Kier alpha value is -0.0800. The lowest BCUT2D eigenvalue weighted by Gasteiger charge is -2.20. The molecule has 1 rings (SSSR count). The number of hydrogen-bond donors (Lipinski definition) is 1. The molecule has 0 aromatic rings. The highest BCUT2D eigenvalue weighted by Crippen LogP contribution is 2.04. The van der Waals surface area contributed by atoms with Gasteiger partial charge in [0.1, 0.15) is 6.23 Å². The van der Waals surface area contributed by atoms with Gasteiger partial charge in [-0.1, -0.05) is 0 Å². The van der Waals surface area contributed by atoms with Gasteiger partial charge >= 0.3 is 0 Å². The largest absolute Gasteiger partial charge is 0.366 e. The summed E-state index contributed by atoms with van der Waals surface area (Å²) in [6.45, 7) is 1.09. The standard InChI is InChI=1S/C6H12NO/c1-8-6-4-2-3-5-7-6/h4,6-7H,2-3,5H2,1H3. The normalized spacial score (nSPS) is 30.4. The van der Waals surface area contributed by atoms with Gasteiger partial charge in [-0.05, 0) is 19.4 Å². The Morgan fingerprint density at radius 3 is 3.00 bits per heavy atom. The molecule has 1 radical (unpaired) electrons. The van der Waals surface area contributed by atoms with Gasteiger partial charge in [-0.3, -0.25) is 5.32 Å². The zero-order valence-electron chi connectivity index (χ0n) is 5.18. The van der Waals surface area contributed by atoms with Crippen LogP contribution in [0.2, 0.25) is 0 Å². The molecule has 1 unspecified atom stereocenters. The van der Waals surface area contributed by atoms with Gasteiger partial charge in [-0.15, -0.1) is 0 Å². The first kappa shape index (κ1) is 6.05. The highest BCUT2D eigenvalue weighted by atomic mass is 16.5. The second-order valence-electron chi connectivity index (χ2n) is 1.99. The first-order chi connectivity index (χ1) is 3.93. The van der Waals surface area contributed by atoms with E-state index < -0.39 is 0 Å². The van der Waals surface area contributed by atoms with Gasteiger partial charge in [0.25, 0.3) is 0 Å². The molecule has 0 amide bonds. The zero-order valence-corrected chi connectivity index (χ0v) is 5.18. The van der Waals surface area contributed by atoms with Crippen LogP contribution in [0, 0.1) is 6.42 Å². The summed E-state index contributed by atoms with van der Waals surface area (Å²) in [4.78, 5) is 0. The highest BCUT2D eigenvalue weighted by molar-refractivity contribution is 4.79. The minimum Gasteiger partial charge on any atom is -0.366 e. The summed E-state index contributed by atoms with van der Waals surface area (Å²) in [5, 5.41) is 3.19. The van der Waals surface area contributed by atoms with Crippen molar-refractivity contribution in [2.24, 2.45) is 0 Å². The molecule has 0 aliphatic carbocycles. The van der Waals surface area contributed by atoms with E-state index in [9.17, 15) is 0 Å². The van der Waals surface area contributed by atoms with Crippen molar-refractivity contribution in [3.63, 3.8) is 0 Å². The van der Waals surface area contributed by atoms with Crippen LogP contribution in [-0.4, -0.2) is 19.9 Å². The molecule has 47 valence electrons. The van der Waals surface area contributed by atoms with Crippen LogP contribution in [0.15, 0.2) is 0 Å². The number of hydrogen-bond acceptors (Lipinski definition) is 2. The van der Waals surface area contributed by atoms with E-state index in [4.69, 9.17) is 4.74 Å². The third-order valence-electron chi connectivity index (χ3n) is 1.36. The van der Waals surface area contributed by atoms with Gasteiger partial charge in [0, 0.05) is 13.5 Å². The fourth-order valence-electron chi connectivity index (χ4n) is 0.879. The molecule has 1 atom stereocenters. The SMILES string of the molecule is COC1[CH]CCCN1. The van der Waals surface area contributed by atoms with Gasteiger partial charge in [0.2, 0.25) is 0 Å². The molecule has 1 fully saturated rings. The molecular weight excluding hydrogens is 102 g/mol. The summed E-state index contributed by atoms with van der Waals surface area (Å²) in [6, 6.07) is 0. The summed E-state index contributed by atoms with van der Waals surface area (Å²) in [7, 11) is 1.72. The molecule has 1 heterocycles. The number of ether oxygens (including phenoxy) is 1. The van der Waals surface area contributed by atoms with E-state index in [1.54, 1.807) is 7.11 Å². The summed E-state index contributed by atoms with van der Waals surface area (Å²) in [6.07, 6.45) is 4.80. The van der Waals surface area contributed by atoms with Crippen LogP contribution < -0.4 is 5.32 Å². The second-order valence-corrected chi connectivity index (χ2v) is 1.99. The van der Waals surface area contributed by atoms with Gasteiger partial charge in [-0.2, -0.15) is 0 Å². The van der Waals surface area contributed by atoms with Crippen molar-refractivity contribution in [1.82, 2.24) is 5.32 Å². The third kappa shape index (κ3) is 1.46. The van der Waals surface area contributed by atoms with Crippen LogP contribution in [-0.2, 0) is 4.74 Å². The Morgan fingerprint density at radius 2 is 2.62 bits per heavy atom. The summed E-state index contributed by atoms with van der Waals surface area (Å²) >= 11 is 0. The quantitative estimate of drug-likeness (QED) is 0.537. The van der Waals surface area contributed by atoms with Crippen LogP contribution in [0.4, 0.5) is 0 Å². The van der Waals surface area contributed by atoms with Gasteiger partial charge in [0.05, 0.1) is 0 Å². The Morgan fingerprint density at radius 1 is 1.75 bits per heavy atom. The van der Waals surface area contributed by atoms with Gasteiger partial charge < -0.3 is 4.74 Å². The molecule has 0 saturated carbocycles. The molecule has 1 N–H and O–H groups in total. The van der Waals surface area contributed by atoms with Crippen LogP contribution in [0.3, 0.4) is 0 Å².